The summed E-state index contributed by atoms with van der Waals surface area (Å²) in [7, 11) is 6.35. The van der Waals surface area contributed by atoms with E-state index in [9.17, 15) is 19.2 Å². The molecule has 0 unspecified atom stereocenters. The molecule has 305 valence electrons. The van der Waals surface area contributed by atoms with E-state index < -0.39 is 69.8 Å². The largest absolute Gasteiger partial charge is 0.497 e. The number of carbonyl (C=O) groups excluding carboxylic acids is 4. The van der Waals surface area contributed by atoms with E-state index in [0.717, 1.165) is 0 Å². The van der Waals surface area contributed by atoms with Gasteiger partial charge >= 0.3 is 32.5 Å². The molecule has 0 aliphatic carbocycles. The van der Waals surface area contributed by atoms with Crippen LogP contribution in [0.3, 0.4) is 0 Å². The van der Waals surface area contributed by atoms with Gasteiger partial charge in [0.25, 0.3) is 0 Å². The number of benzene rings is 4. The van der Waals surface area contributed by atoms with Crippen molar-refractivity contribution in [1.29, 1.82) is 0 Å². The zero-order valence-corrected chi connectivity index (χ0v) is 33.3. The van der Waals surface area contributed by atoms with Gasteiger partial charge in [0, 0.05) is 22.6 Å². The lowest BCUT2D eigenvalue weighted by molar-refractivity contribution is -0.277. The van der Waals surface area contributed by atoms with E-state index in [-0.39, 0.29) is 30.7 Å². The Morgan fingerprint density at radius 1 is 0.483 bits per heavy atom. The van der Waals surface area contributed by atoms with E-state index in [1.165, 1.54) is 91.2 Å². The van der Waals surface area contributed by atoms with Crippen LogP contribution in [0.15, 0.2) is 97.1 Å². The Balaban J connectivity index is 0.00000744. The van der Waals surface area contributed by atoms with Crippen molar-refractivity contribution in [2.24, 2.45) is 0 Å². The molecule has 3 radical (unpaired) electrons. The van der Waals surface area contributed by atoms with Crippen LogP contribution in [0.2, 0.25) is 0 Å². The van der Waals surface area contributed by atoms with Crippen LogP contribution in [0.4, 0.5) is 0 Å². The lowest BCUT2D eigenvalue weighted by Crippen LogP contribution is -2.63. The SMILES string of the molecule is COc1ccc(C(=O)OC[C@H]2O[C@@H](OP(OC)OC)[C@H](OC(=O)c3ccc(OC)cc3)[C@@H](OC(=O)c3ccc(OC)cc3)[C@@H]2OC(=O)c2ccc(OC)cc2)cc1.[B]. The number of esters is 4. The van der Waals surface area contributed by atoms with E-state index >= 15 is 0 Å². The molecule has 0 bridgehead atoms. The Kier molecular flexibility index (Phi) is 16.9. The van der Waals surface area contributed by atoms with Crippen LogP contribution in [0.25, 0.3) is 0 Å². The van der Waals surface area contributed by atoms with Crippen molar-refractivity contribution in [3.63, 3.8) is 0 Å². The predicted molar refractivity (Wildman–Crippen MR) is 206 cm³/mol. The number of carbonyl (C=O) groups is 4. The van der Waals surface area contributed by atoms with Crippen molar-refractivity contribution in [2.75, 3.05) is 49.3 Å². The summed E-state index contributed by atoms with van der Waals surface area (Å²) in [6.07, 6.45) is -7.95. The molecule has 1 aliphatic heterocycles. The van der Waals surface area contributed by atoms with Crippen LogP contribution in [-0.4, -0.2) is 112 Å². The molecule has 0 amide bonds. The van der Waals surface area contributed by atoms with E-state index in [0.29, 0.717) is 23.0 Å². The second-order valence-electron chi connectivity index (χ2n) is 11.9. The molecule has 1 aliphatic rings. The molecule has 1 saturated heterocycles. The number of hydrogen-bond acceptors (Lipinski definition) is 16. The topological polar surface area (TPSA) is 179 Å². The Labute approximate surface area is 338 Å². The van der Waals surface area contributed by atoms with Crippen molar-refractivity contribution in [1.82, 2.24) is 0 Å². The summed E-state index contributed by atoms with van der Waals surface area (Å²) in [5.41, 5.74) is 0.399. The number of rotatable bonds is 17. The Morgan fingerprint density at radius 2 is 0.810 bits per heavy atom. The fourth-order valence-corrected chi connectivity index (χ4v) is 6.13. The van der Waals surface area contributed by atoms with E-state index in [2.05, 4.69) is 0 Å². The summed E-state index contributed by atoms with van der Waals surface area (Å²) in [5.74, 6) is -1.53. The zero-order valence-electron chi connectivity index (χ0n) is 32.4. The van der Waals surface area contributed by atoms with Gasteiger partial charge in [0.05, 0.1) is 50.7 Å². The van der Waals surface area contributed by atoms with Gasteiger partial charge in [-0.15, -0.1) is 0 Å². The van der Waals surface area contributed by atoms with E-state index in [1.807, 2.05) is 0 Å². The Hall–Kier alpha value is -5.71. The lowest BCUT2D eigenvalue weighted by Gasteiger charge is -2.44. The first-order chi connectivity index (χ1) is 27.6. The molecule has 0 N–H and O–H groups in total. The van der Waals surface area contributed by atoms with Crippen molar-refractivity contribution in [2.45, 2.75) is 30.7 Å². The summed E-state index contributed by atoms with van der Waals surface area (Å²) in [6, 6.07) is 24.1. The van der Waals surface area contributed by atoms with Gasteiger partial charge in [-0.2, -0.15) is 0 Å². The first kappa shape index (κ1) is 45.0. The smallest absolute Gasteiger partial charge is 0.338 e. The summed E-state index contributed by atoms with van der Waals surface area (Å²) in [6.45, 7) is -0.571. The van der Waals surface area contributed by atoms with Gasteiger partial charge < -0.3 is 51.7 Å². The van der Waals surface area contributed by atoms with Crippen molar-refractivity contribution in [3.8, 4) is 23.0 Å². The fraction of sp³-hybridized carbons (Fsp3) is 0.300. The van der Waals surface area contributed by atoms with Gasteiger partial charge in [0.15, 0.2) is 18.3 Å². The quantitative estimate of drug-likeness (QED) is 0.0569. The number of hydrogen-bond donors (Lipinski definition) is 0. The normalized spacial score (nSPS) is 18.5. The minimum atomic E-state index is -2.16. The van der Waals surface area contributed by atoms with Gasteiger partial charge in [0.1, 0.15) is 35.7 Å². The first-order valence-electron chi connectivity index (χ1n) is 17.2. The number of methoxy groups -OCH3 is 4. The molecule has 4 aromatic rings. The molecule has 5 rings (SSSR count). The third-order valence-electron chi connectivity index (χ3n) is 8.49. The van der Waals surface area contributed by atoms with Crippen LogP contribution in [0.5, 0.6) is 23.0 Å². The predicted octanol–water partition coefficient (Wildman–Crippen LogP) is 5.44. The average molecular weight is 820 g/mol. The van der Waals surface area contributed by atoms with Gasteiger partial charge in [-0.3, -0.25) is 4.52 Å². The van der Waals surface area contributed by atoms with E-state index in [1.54, 1.807) is 48.5 Å². The second kappa shape index (κ2) is 21.7. The molecule has 0 aromatic heterocycles. The summed E-state index contributed by atoms with van der Waals surface area (Å²) in [4.78, 5) is 54.8. The molecular weight excluding hydrogens is 778 g/mol. The maximum Gasteiger partial charge on any atom is 0.338 e. The van der Waals surface area contributed by atoms with Gasteiger partial charge in [-0.05, 0) is 97.1 Å². The first-order valence-corrected chi connectivity index (χ1v) is 18.3. The summed E-state index contributed by atoms with van der Waals surface area (Å²) < 4.78 is 67.6. The number of ether oxygens (including phenoxy) is 9. The summed E-state index contributed by atoms with van der Waals surface area (Å²) >= 11 is 0. The highest BCUT2D eigenvalue weighted by Gasteiger charge is 2.54. The maximum absolute atomic E-state index is 13.9. The van der Waals surface area contributed by atoms with Crippen LogP contribution in [-0.2, 0) is 37.3 Å². The van der Waals surface area contributed by atoms with E-state index in [4.69, 9.17) is 56.2 Å². The minimum absolute atomic E-state index is 0. The molecular formula is C40H41BO16P. The van der Waals surface area contributed by atoms with Crippen molar-refractivity contribution >= 4 is 40.9 Å². The standard InChI is InChI=1S/C40H41O16P.B/c1-45-28-15-7-24(8-16-28)36(41)51-23-32-33(53-37(42)25-9-17-29(46-2)18-10-25)34(54-38(43)26-11-19-30(47-3)20-12-26)35(40(52-32)56-57(49-5)50-6)55-39(44)27-13-21-31(48-4)22-14-27;/h7-22,32-35,40H,23H2,1-6H3;/t32-,33-,34+,35-,40+;/m1./s1. The molecule has 18 heteroatoms. The van der Waals surface area contributed by atoms with Gasteiger partial charge in [0.2, 0.25) is 6.29 Å². The zero-order chi connectivity index (χ0) is 40.9. The molecule has 4 aromatic carbocycles. The van der Waals surface area contributed by atoms with Crippen LogP contribution < -0.4 is 18.9 Å². The molecule has 58 heavy (non-hydrogen) atoms. The van der Waals surface area contributed by atoms with Gasteiger partial charge in [-0.25, -0.2) is 19.2 Å². The molecule has 0 saturated carbocycles. The fourth-order valence-electron chi connectivity index (χ4n) is 5.47. The highest BCUT2D eigenvalue weighted by atomic mass is 31.2. The molecule has 1 heterocycles. The highest BCUT2D eigenvalue weighted by molar-refractivity contribution is 7.41. The highest BCUT2D eigenvalue weighted by Crippen LogP contribution is 2.43. The molecule has 1 fully saturated rings. The lowest BCUT2D eigenvalue weighted by atomic mass is 9.97. The second-order valence-corrected chi connectivity index (χ2v) is 13.2. The maximum atomic E-state index is 13.9. The molecule has 0 spiro atoms. The third-order valence-corrected chi connectivity index (χ3v) is 9.47. The Morgan fingerprint density at radius 3 is 1.16 bits per heavy atom. The minimum Gasteiger partial charge on any atom is -0.497 e. The third kappa shape index (κ3) is 11.5. The molecule has 16 nitrogen and oxygen atoms in total. The van der Waals surface area contributed by atoms with Crippen molar-refractivity contribution < 1.29 is 75.4 Å². The Bertz CT molecular complexity index is 1940. The summed E-state index contributed by atoms with van der Waals surface area (Å²) in [5, 5.41) is 0. The van der Waals surface area contributed by atoms with Crippen molar-refractivity contribution in [3.05, 3.63) is 119 Å². The van der Waals surface area contributed by atoms with Gasteiger partial charge in [-0.1, -0.05) is 0 Å². The van der Waals surface area contributed by atoms with Crippen LogP contribution in [0, 0.1) is 0 Å². The molecule has 5 atom stereocenters. The monoisotopic (exact) mass is 819 g/mol. The average Bonchev–Trinajstić information content (AvgIpc) is 3.26. The van der Waals surface area contributed by atoms with Crippen LogP contribution in [0.1, 0.15) is 41.4 Å². The van der Waals surface area contributed by atoms with Crippen LogP contribution >= 0.6 is 8.60 Å².